The van der Waals surface area contributed by atoms with E-state index in [9.17, 15) is 9.18 Å². The van der Waals surface area contributed by atoms with Crippen LogP contribution in [0.5, 0.6) is 0 Å². The van der Waals surface area contributed by atoms with E-state index < -0.39 is 0 Å². The molecular formula is C15H17FN4O. The highest BCUT2D eigenvalue weighted by atomic mass is 19.1. The molecule has 1 amide bonds. The number of benzene rings is 1. The van der Waals surface area contributed by atoms with Gasteiger partial charge in [0.1, 0.15) is 23.2 Å². The molecule has 0 atom stereocenters. The summed E-state index contributed by atoms with van der Waals surface area (Å²) in [5.41, 5.74) is 0.783. The summed E-state index contributed by atoms with van der Waals surface area (Å²) in [4.78, 5) is 20.5. The van der Waals surface area contributed by atoms with E-state index in [1.807, 2.05) is 6.92 Å². The number of hydrogen-bond donors (Lipinski definition) is 2. The van der Waals surface area contributed by atoms with Gasteiger partial charge in [-0.3, -0.25) is 4.79 Å². The van der Waals surface area contributed by atoms with E-state index in [0.29, 0.717) is 17.3 Å². The van der Waals surface area contributed by atoms with Gasteiger partial charge in [0.15, 0.2) is 0 Å². The smallest absolute Gasteiger partial charge is 0.274 e. The van der Waals surface area contributed by atoms with Crippen LogP contribution in [0, 0.1) is 12.7 Å². The Hall–Kier alpha value is -2.50. The number of nitrogens with one attached hydrogen (secondary N) is 2. The molecule has 0 saturated heterocycles. The van der Waals surface area contributed by atoms with Crippen LogP contribution in [0.25, 0.3) is 0 Å². The Morgan fingerprint density at radius 1 is 1.24 bits per heavy atom. The topological polar surface area (TPSA) is 66.9 Å². The normalized spacial score (nSPS) is 10.2. The Balaban J connectivity index is 2.14. The van der Waals surface area contributed by atoms with Gasteiger partial charge < -0.3 is 10.6 Å². The quantitative estimate of drug-likeness (QED) is 0.887. The number of halogens is 1. The van der Waals surface area contributed by atoms with E-state index in [1.165, 1.54) is 24.3 Å². The molecule has 2 rings (SSSR count). The Labute approximate surface area is 122 Å². The zero-order valence-electron chi connectivity index (χ0n) is 12.0. The van der Waals surface area contributed by atoms with Crippen molar-refractivity contribution in [3.8, 4) is 0 Å². The number of amides is 1. The first-order valence-electron chi connectivity index (χ1n) is 6.75. The lowest BCUT2D eigenvalue weighted by Crippen LogP contribution is -2.16. The van der Waals surface area contributed by atoms with Crippen LogP contribution in [0.3, 0.4) is 0 Å². The first-order chi connectivity index (χ1) is 10.1. The number of nitrogens with zero attached hydrogens (tertiary/aromatic N) is 2. The van der Waals surface area contributed by atoms with Crippen molar-refractivity contribution in [3.63, 3.8) is 0 Å². The van der Waals surface area contributed by atoms with Gasteiger partial charge in [0.05, 0.1) is 0 Å². The Kier molecular flexibility index (Phi) is 4.81. The molecule has 2 N–H and O–H groups in total. The van der Waals surface area contributed by atoms with Gasteiger partial charge in [-0.05, 0) is 37.6 Å². The summed E-state index contributed by atoms with van der Waals surface area (Å²) in [6, 6.07) is 7.17. The Morgan fingerprint density at radius 3 is 2.62 bits per heavy atom. The fourth-order valence-electron chi connectivity index (χ4n) is 1.76. The molecule has 5 nitrogen and oxygen atoms in total. The number of aromatic nitrogens is 2. The molecule has 6 heteroatoms. The second-order valence-corrected chi connectivity index (χ2v) is 4.57. The van der Waals surface area contributed by atoms with Gasteiger partial charge in [-0.2, -0.15) is 0 Å². The fourth-order valence-corrected chi connectivity index (χ4v) is 1.76. The lowest BCUT2D eigenvalue weighted by atomic mass is 10.3. The molecule has 0 aliphatic heterocycles. The van der Waals surface area contributed by atoms with Gasteiger partial charge >= 0.3 is 0 Å². The van der Waals surface area contributed by atoms with E-state index in [-0.39, 0.29) is 17.4 Å². The monoisotopic (exact) mass is 288 g/mol. The van der Waals surface area contributed by atoms with Crippen LogP contribution in [-0.4, -0.2) is 22.4 Å². The Bertz CT molecular complexity index is 628. The molecule has 0 aliphatic carbocycles. The SMILES string of the molecule is CCCNc1cc(C(=O)Nc2ccc(F)cc2)nc(C)n1. The standard InChI is InChI=1S/C15H17FN4O/c1-3-8-17-14-9-13(18-10(2)19-14)15(21)20-12-6-4-11(16)5-7-12/h4-7,9H,3,8H2,1-2H3,(H,20,21)(H,17,18,19). The van der Waals surface area contributed by atoms with Crippen LogP contribution in [0.15, 0.2) is 30.3 Å². The van der Waals surface area contributed by atoms with Gasteiger partial charge in [-0.1, -0.05) is 6.92 Å². The molecule has 0 bridgehead atoms. The maximum atomic E-state index is 12.8. The van der Waals surface area contributed by atoms with Gasteiger partial charge in [-0.15, -0.1) is 0 Å². The van der Waals surface area contributed by atoms with Crippen molar-refractivity contribution in [2.75, 3.05) is 17.2 Å². The zero-order chi connectivity index (χ0) is 15.2. The second-order valence-electron chi connectivity index (χ2n) is 4.57. The Morgan fingerprint density at radius 2 is 1.95 bits per heavy atom. The van der Waals surface area contributed by atoms with E-state index in [0.717, 1.165) is 13.0 Å². The van der Waals surface area contributed by atoms with E-state index >= 15 is 0 Å². The number of hydrogen-bond acceptors (Lipinski definition) is 4. The van der Waals surface area contributed by atoms with E-state index in [2.05, 4.69) is 20.6 Å². The highest BCUT2D eigenvalue weighted by Gasteiger charge is 2.10. The largest absolute Gasteiger partial charge is 0.370 e. The minimum Gasteiger partial charge on any atom is -0.370 e. The predicted octanol–water partition coefficient (Wildman–Crippen LogP) is 3.00. The van der Waals surface area contributed by atoms with Gasteiger partial charge in [0.2, 0.25) is 0 Å². The number of carbonyl (C=O) groups excluding carboxylic acids is 1. The third-order valence-corrected chi connectivity index (χ3v) is 2.73. The van der Waals surface area contributed by atoms with Gasteiger partial charge in [0.25, 0.3) is 5.91 Å². The number of anilines is 2. The molecule has 0 spiro atoms. The maximum absolute atomic E-state index is 12.8. The average molecular weight is 288 g/mol. The van der Waals surface area contributed by atoms with Crippen molar-refractivity contribution in [1.29, 1.82) is 0 Å². The van der Waals surface area contributed by atoms with Crippen molar-refractivity contribution >= 4 is 17.4 Å². The first-order valence-corrected chi connectivity index (χ1v) is 6.75. The van der Waals surface area contributed by atoms with E-state index in [1.54, 1.807) is 13.0 Å². The van der Waals surface area contributed by atoms with Crippen LogP contribution in [-0.2, 0) is 0 Å². The lowest BCUT2D eigenvalue weighted by Gasteiger charge is -2.08. The first kappa shape index (κ1) is 14.9. The van der Waals surface area contributed by atoms with Gasteiger partial charge in [0, 0.05) is 18.3 Å². The molecule has 21 heavy (non-hydrogen) atoms. The van der Waals surface area contributed by atoms with Gasteiger partial charge in [-0.25, -0.2) is 14.4 Å². The molecule has 0 fully saturated rings. The van der Waals surface area contributed by atoms with Crippen LogP contribution < -0.4 is 10.6 Å². The van der Waals surface area contributed by atoms with Crippen molar-refractivity contribution in [3.05, 3.63) is 47.7 Å². The van der Waals surface area contributed by atoms with Crippen molar-refractivity contribution in [2.24, 2.45) is 0 Å². The summed E-state index contributed by atoms with van der Waals surface area (Å²) in [5, 5.41) is 5.79. The molecule has 0 saturated carbocycles. The molecule has 0 unspecified atom stereocenters. The summed E-state index contributed by atoms with van der Waals surface area (Å²) >= 11 is 0. The minimum atomic E-state index is -0.355. The molecule has 0 aliphatic rings. The highest BCUT2D eigenvalue weighted by Crippen LogP contribution is 2.12. The molecule has 1 heterocycles. The third kappa shape index (κ3) is 4.24. The summed E-state index contributed by atoms with van der Waals surface area (Å²) in [7, 11) is 0. The van der Waals surface area contributed by atoms with Crippen LogP contribution in [0.4, 0.5) is 15.9 Å². The van der Waals surface area contributed by atoms with Crippen LogP contribution in [0.1, 0.15) is 29.7 Å². The van der Waals surface area contributed by atoms with Crippen molar-refractivity contribution in [1.82, 2.24) is 9.97 Å². The number of carbonyl (C=O) groups is 1. The van der Waals surface area contributed by atoms with Crippen molar-refractivity contribution in [2.45, 2.75) is 20.3 Å². The molecule has 1 aromatic carbocycles. The average Bonchev–Trinajstić information content (AvgIpc) is 2.47. The highest BCUT2D eigenvalue weighted by molar-refractivity contribution is 6.03. The lowest BCUT2D eigenvalue weighted by molar-refractivity contribution is 0.102. The molecule has 0 radical (unpaired) electrons. The van der Waals surface area contributed by atoms with Crippen LogP contribution in [0.2, 0.25) is 0 Å². The summed E-state index contributed by atoms with van der Waals surface area (Å²) in [6.45, 7) is 4.55. The van der Waals surface area contributed by atoms with Crippen molar-refractivity contribution < 1.29 is 9.18 Å². The predicted molar refractivity (Wildman–Crippen MR) is 79.9 cm³/mol. The molecular weight excluding hydrogens is 271 g/mol. The fraction of sp³-hybridized carbons (Fsp3) is 0.267. The summed E-state index contributed by atoms with van der Waals surface area (Å²) in [6.07, 6.45) is 0.958. The van der Waals surface area contributed by atoms with Crippen LogP contribution >= 0.6 is 0 Å². The maximum Gasteiger partial charge on any atom is 0.274 e. The second kappa shape index (κ2) is 6.78. The summed E-state index contributed by atoms with van der Waals surface area (Å²) in [5.74, 6) is 0.428. The number of aryl methyl sites for hydroxylation is 1. The minimum absolute atomic E-state index is 0.269. The molecule has 1 aromatic heterocycles. The summed E-state index contributed by atoms with van der Waals surface area (Å²) < 4.78 is 12.8. The number of rotatable bonds is 5. The molecule has 110 valence electrons. The zero-order valence-corrected chi connectivity index (χ0v) is 12.0. The van der Waals surface area contributed by atoms with E-state index in [4.69, 9.17) is 0 Å². The third-order valence-electron chi connectivity index (χ3n) is 2.73. The molecule has 2 aromatic rings.